The highest BCUT2D eigenvalue weighted by Gasteiger charge is 2.19. The molecule has 0 saturated carbocycles. The summed E-state index contributed by atoms with van der Waals surface area (Å²) in [5.41, 5.74) is 4.30. The summed E-state index contributed by atoms with van der Waals surface area (Å²) in [7, 11) is 0. The van der Waals surface area contributed by atoms with E-state index in [1.807, 2.05) is 17.5 Å². The summed E-state index contributed by atoms with van der Waals surface area (Å²) < 4.78 is 15.3. The molecule has 0 radical (unpaired) electrons. The van der Waals surface area contributed by atoms with Gasteiger partial charge in [0.15, 0.2) is 0 Å². The van der Waals surface area contributed by atoms with Crippen molar-refractivity contribution in [1.29, 1.82) is 5.26 Å². The molecule has 2 aromatic heterocycles. The molecule has 0 aliphatic carbocycles. The minimum Gasteiger partial charge on any atom is -0.295 e. The molecule has 2 heterocycles. The summed E-state index contributed by atoms with van der Waals surface area (Å²) in [6, 6.07) is 13.6. The zero-order chi connectivity index (χ0) is 19.7. The Morgan fingerprint density at radius 1 is 1.21 bits per heavy atom. The fourth-order valence-electron chi connectivity index (χ4n) is 3.32. The molecule has 0 aliphatic rings. The molecule has 0 spiro atoms. The molecule has 0 bridgehead atoms. The van der Waals surface area contributed by atoms with Gasteiger partial charge in [0, 0.05) is 28.4 Å². The van der Waals surface area contributed by atoms with Crippen LogP contribution in [-0.4, -0.2) is 9.55 Å². The van der Waals surface area contributed by atoms with E-state index in [-0.39, 0.29) is 17.8 Å². The van der Waals surface area contributed by atoms with Crippen LogP contribution >= 0.6 is 11.3 Å². The number of nitrogens with zero attached hydrogens (tertiary/aromatic N) is 3. The molecule has 4 nitrogen and oxygen atoms in total. The third-order valence-corrected chi connectivity index (χ3v) is 5.12. The number of thiazole rings is 1. The van der Waals surface area contributed by atoms with E-state index >= 15 is 0 Å². The minimum atomic E-state index is -0.410. The topological polar surface area (TPSA) is 58.7 Å². The third kappa shape index (κ3) is 2.92. The lowest BCUT2D eigenvalue weighted by molar-refractivity contribution is 0.628. The first-order chi connectivity index (χ1) is 13.6. The van der Waals surface area contributed by atoms with Crippen molar-refractivity contribution in [1.82, 2.24) is 9.55 Å². The van der Waals surface area contributed by atoms with Gasteiger partial charge in [0.25, 0.3) is 5.56 Å². The van der Waals surface area contributed by atoms with E-state index in [9.17, 15) is 14.4 Å². The van der Waals surface area contributed by atoms with Crippen molar-refractivity contribution in [3.8, 4) is 28.5 Å². The van der Waals surface area contributed by atoms with Crippen LogP contribution in [0.4, 0.5) is 4.39 Å². The lowest BCUT2D eigenvalue weighted by Gasteiger charge is -2.15. The molecule has 28 heavy (non-hydrogen) atoms. The molecule has 0 aliphatic heterocycles. The Morgan fingerprint density at radius 2 is 2.07 bits per heavy atom. The van der Waals surface area contributed by atoms with E-state index in [2.05, 4.69) is 17.6 Å². The molecule has 0 unspecified atom stereocenters. The molecule has 6 heteroatoms. The number of rotatable bonds is 4. The number of benzene rings is 2. The second-order valence-corrected chi connectivity index (χ2v) is 6.90. The molecule has 136 valence electrons. The summed E-state index contributed by atoms with van der Waals surface area (Å²) in [4.78, 5) is 17.3. The third-order valence-electron chi connectivity index (χ3n) is 4.53. The Balaban J connectivity index is 2.17. The maximum absolute atomic E-state index is 13.9. The van der Waals surface area contributed by atoms with Crippen molar-refractivity contribution in [3.63, 3.8) is 0 Å². The van der Waals surface area contributed by atoms with E-state index in [0.717, 1.165) is 11.3 Å². The van der Waals surface area contributed by atoms with Crippen LogP contribution in [-0.2, 0) is 6.54 Å². The van der Waals surface area contributed by atoms with Gasteiger partial charge >= 0.3 is 0 Å². The van der Waals surface area contributed by atoms with Crippen molar-refractivity contribution < 1.29 is 4.39 Å². The Kier molecular flexibility index (Phi) is 4.60. The lowest BCUT2D eigenvalue weighted by Crippen LogP contribution is -2.23. The fraction of sp³-hybridized carbons (Fsp3) is 0.0455. The van der Waals surface area contributed by atoms with Gasteiger partial charge in [-0.05, 0) is 35.2 Å². The number of aromatic nitrogens is 2. The summed E-state index contributed by atoms with van der Waals surface area (Å²) >= 11 is 1.47. The average Bonchev–Trinajstić information content (AvgIpc) is 3.24. The predicted octanol–water partition coefficient (Wildman–Crippen LogP) is 4.99. The minimum absolute atomic E-state index is 0.179. The largest absolute Gasteiger partial charge is 0.295 e. The van der Waals surface area contributed by atoms with Crippen molar-refractivity contribution in [2.45, 2.75) is 6.54 Å². The zero-order valence-corrected chi connectivity index (χ0v) is 15.5. The van der Waals surface area contributed by atoms with Crippen LogP contribution in [0.5, 0.6) is 0 Å². The van der Waals surface area contributed by atoms with Gasteiger partial charge in [0.2, 0.25) is 0 Å². The maximum atomic E-state index is 13.9. The van der Waals surface area contributed by atoms with E-state index in [1.54, 1.807) is 29.8 Å². The SMILES string of the molecule is C=CCn1c(C#N)c(-c2cccc(F)c2)c2cc(-c3cscn3)ccc2c1=O. The molecule has 0 N–H and O–H groups in total. The molecule has 2 aromatic carbocycles. The van der Waals surface area contributed by atoms with Crippen LogP contribution in [0.15, 0.2) is 70.8 Å². The Hall–Kier alpha value is -3.56. The average molecular weight is 387 g/mol. The van der Waals surface area contributed by atoms with Gasteiger partial charge in [-0.2, -0.15) is 5.26 Å². The van der Waals surface area contributed by atoms with E-state index in [1.165, 1.54) is 28.0 Å². The summed E-state index contributed by atoms with van der Waals surface area (Å²) in [5.74, 6) is -0.410. The molecule has 0 atom stereocenters. The van der Waals surface area contributed by atoms with Crippen LogP contribution in [0, 0.1) is 17.1 Å². The summed E-state index contributed by atoms with van der Waals surface area (Å²) in [6.07, 6.45) is 1.56. The summed E-state index contributed by atoms with van der Waals surface area (Å²) in [6.45, 7) is 3.87. The fourth-order valence-corrected chi connectivity index (χ4v) is 3.88. The quantitative estimate of drug-likeness (QED) is 0.464. The van der Waals surface area contributed by atoms with Crippen LogP contribution < -0.4 is 5.56 Å². The van der Waals surface area contributed by atoms with Gasteiger partial charge in [0.1, 0.15) is 17.6 Å². The number of halogens is 1. The van der Waals surface area contributed by atoms with Crippen LogP contribution in [0.25, 0.3) is 33.2 Å². The lowest BCUT2D eigenvalue weighted by atomic mass is 9.95. The zero-order valence-electron chi connectivity index (χ0n) is 14.7. The van der Waals surface area contributed by atoms with Crippen LogP contribution in [0.1, 0.15) is 5.69 Å². The van der Waals surface area contributed by atoms with Crippen molar-refractivity contribution in [3.05, 3.63) is 87.9 Å². The first-order valence-corrected chi connectivity index (χ1v) is 9.44. The Morgan fingerprint density at radius 3 is 2.75 bits per heavy atom. The van der Waals surface area contributed by atoms with Gasteiger partial charge in [0.05, 0.1) is 11.2 Å². The smallest absolute Gasteiger partial charge is 0.259 e. The number of fused-ring (bicyclic) bond motifs is 1. The van der Waals surface area contributed by atoms with E-state index in [4.69, 9.17) is 0 Å². The first kappa shape index (κ1) is 17.8. The number of hydrogen-bond acceptors (Lipinski definition) is 4. The highest BCUT2D eigenvalue weighted by molar-refractivity contribution is 7.07. The van der Waals surface area contributed by atoms with Crippen molar-refractivity contribution in [2.75, 3.05) is 0 Å². The highest BCUT2D eigenvalue weighted by Crippen LogP contribution is 2.33. The Labute approximate surface area is 164 Å². The summed E-state index contributed by atoms with van der Waals surface area (Å²) in [5, 5.41) is 12.8. The van der Waals surface area contributed by atoms with Gasteiger partial charge in [-0.15, -0.1) is 17.9 Å². The second-order valence-electron chi connectivity index (χ2n) is 6.18. The number of pyridine rings is 1. The molecule has 4 rings (SSSR count). The van der Waals surface area contributed by atoms with Gasteiger partial charge in [-0.1, -0.05) is 24.3 Å². The maximum Gasteiger partial charge on any atom is 0.259 e. The van der Waals surface area contributed by atoms with Gasteiger partial charge in [-0.25, -0.2) is 9.37 Å². The number of hydrogen-bond donors (Lipinski definition) is 0. The molecular weight excluding hydrogens is 373 g/mol. The monoisotopic (exact) mass is 387 g/mol. The normalized spacial score (nSPS) is 10.7. The first-order valence-electron chi connectivity index (χ1n) is 8.50. The molecule has 4 aromatic rings. The molecule has 0 fully saturated rings. The van der Waals surface area contributed by atoms with Crippen LogP contribution in [0.3, 0.4) is 0 Å². The van der Waals surface area contributed by atoms with Crippen LogP contribution in [0.2, 0.25) is 0 Å². The van der Waals surface area contributed by atoms with Crippen molar-refractivity contribution in [2.24, 2.45) is 0 Å². The number of allylic oxidation sites excluding steroid dienone is 1. The standard InChI is InChI=1S/C22H14FN3OS/c1-2-8-26-20(11-24)21(15-4-3-5-16(23)9-15)18-10-14(19-12-28-13-25-19)6-7-17(18)22(26)27/h2-7,9-10,12-13H,1,8H2. The van der Waals surface area contributed by atoms with E-state index < -0.39 is 5.82 Å². The highest BCUT2D eigenvalue weighted by atomic mass is 32.1. The Bertz CT molecular complexity index is 1300. The number of nitriles is 1. The molecular formula is C22H14FN3OS. The predicted molar refractivity (Wildman–Crippen MR) is 110 cm³/mol. The van der Waals surface area contributed by atoms with Crippen molar-refractivity contribution >= 4 is 22.1 Å². The van der Waals surface area contributed by atoms with Gasteiger partial charge in [-0.3, -0.25) is 9.36 Å². The van der Waals surface area contributed by atoms with Gasteiger partial charge < -0.3 is 0 Å². The second kappa shape index (κ2) is 7.22. The molecule has 0 saturated heterocycles. The molecule has 0 amide bonds. The van der Waals surface area contributed by atoms with E-state index in [0.29, 0.717) is 21.9 Å².